The molecule has 1 aliphatic rings. The Hall–Kier alpha value is -2.44. The fourth-order valence-electron chi connectivity index (χ4n) is 2.95. The number of rotatable bonds is 4. The number of ether oxygens (including phenoxy) is 1. The highest BCUT2D eigenvalue weighted by Crippen LogP contribution is 2.29. The Morgan fingerprint density at radius 1 is 1.36 bits per heavy atom. The lowest BCUT2D eigenvalue weighted by Gasteiger charge is -2.15. The smallest absolute Gasteiger partial charge is 0.351 e. The van der Waals surface area contributed by atoms with Crippen molar-refractivity contribution in [1.29, 1.82) is 0 Å². The van der Waals surface area contributed by atoms with Gasteiger partial charge in [0.15, 0.2) is 0 Å². The second-order valence-electron chi connectivity index (χ2n) is 6.36. The van der Waals surface area contributed by atoms with Crippen molar-refractivity contribution in [2.75, 3.05) is 5.73 Å². The molecule has 2 heterocycles. The van der Waals surface area contributed by atoms with Gasteiger partial charge in [-0.25, -0.2) is 4.79 Å². The minimum atomic E-state index is -0.578. The largest absolute Gasteiger partial charge is 0.390 e. The first-order valence-corrected chi connectivity index (χ1v) is 8.45. The molecule has 1 aromatic heterocycles. The molecule has 25 heavy (non-hydrogen) atoms. The van der Waals surface area contributed by atoms with Gasteiger partial charge in [-0.2, -0.15) is 4.98 Å². The number of nitrogens with zero attached hydrogens (tertiary/aromatic N) is 2. The molecule has 0 amide bonds. The number of benzene rings is 1. The number of aliphatic hydroxyl groups is 1. The number of hydrogen-bond acceptors (Lipinski definition) is 5. The predicted octanol–water partition coefficient (Wildman–Crippen LogP) is 2.36. The lowest BCUT2D eigenvalue weighted by molar-refractivity contribution is -0.0217. The molecule has 3 N–H and O–H groups in total. The number of anilines is 1. The van der Waals surface area contributed by atoms with Gasteiger partial charge in [0.1, 0.15) is 12.0 Å². The minimum Gasteiger partial charge on any atom is -0.390 e. The predicted molar refractivity (Wildman–Crippen MR) is 97.8 cm³/mol. The van der Waals surface area contributed by atoms with E-state index in [2.05, 4.69) is 4.98 Å². The maximum atomic E-state index is 12.2. The Kier molecular flexibility index (Phi) is 5.01. The van der Waals surface area contributed by atoms with Crippen LogP contribution in [0.25, 0.3) is 12.2 Å². The molecule has 0 radical (unpaired) electrons. The van der Waals surface area contributed by atoms with Gasteiger partial charge in [0.05, 0.1) is 12.2 Å². The SMILES string of the molecule is CCC1OC(n2cc(/C=C/c3ccc(C)cc3)c(N)nc2=O)CC1O. The van der Waals surface area contributed by atoms with E-state index in [1.807, 2.05) is 50.3 Å². The summed E-state index contributed by atoms with van der Waals surface area (Å²) in [5, 5.41) is 10.0. The normalized spacial score (nSPS) is 23.4. The van der Waals surface area contributed by atoms with Crippen LogP contribution in [0.15, 0.2) is 35.3 Å². The first-order valence-electron chi connectivity index (χ1n) is 8.45. The lowest BCUT2D eigenvalue weighted by atomic mass is 10.1. The van der Waals surface area contributed by atoms with E-state index < -0.39 is 18.0 Å². The zero-order valence-electron chi connectivity index (χ0n) is 14.4. The van der Waals surface area contributed by atoms with Gasteiger partial charge in [0.25, 0.3) is 0 Å². The summed E-state index contributed by atoms with van der Waals surface area (Å²) in [4.78, 5) is 16.1. The van der Waals surface area contributed by atoms with Crippen molar-refractivity contribution >= 4 is 18.0 Å². The molecule has 0 aliphatic carbocycles. The summed E-state index contributed by atoms with van der Waals surface area (Å²) in [5.74, 6) is 0.176. The zero-order chi connectivity index (χ0) is 18.0. The Morgan fingerprint density at radius 3 is 2.72 bits per heavy atom. The molecule has 6 nitrogen and oxygen atoms in total. The molecule has 0 spiro atoms. The van der Waals surface area contributed by atoms with Crippen molar-refractivity contribution in [3.63, 3.8) is 0 Å². The van der Waals surface area contributed by atoms with E-state index in [1.54, 1.807) is 6.20 Å². The fraction of sp³-hybridized carbons (Fsp3) is 0.368. The number of aromatic nitrogens is 2. The quantitative estimate of drug-likeness (QED) is 0.891. The van der Waals surface area contributed by atoms with Gasteiger partial charge in [-0.1, -0.05) is 42.8 Å². The van der Waals surface area contributed by atoms with E-state index >= 15 is 0 Å². The van der Waals surface area contributed by atoms with Gasteiger partial charge >= 0.3 is 5.69 Å². The van der Waals surface area contributed by atoms with Crippen molar-refractivity contribution < 1.29 is 9.84 Å². The maximum absolute atomic E-state index is 12.2. The van der Waals surface area contributed by atoms with Crippen molar-refractivity contribution in [1.82, 2.24) is 9.55 Å². The summed E-state index contributed by atoms with van der Waals surface area (Å²) in [6, 6.07) is 8.07. The summed E-state index contributed by atoms with van der Waals surface area (Å²) < 4.78 is 7.18. The highest BCUT2D eigenvalue weighted by Gasteiger charge is 2.34. The van der Waals surface area contributed by atoms with Gasteiger partial charge in [-0.15, -0.1) is 0 Å². The monoisotopic (exact) mass is 341 g/mol. The van der Waals surface area contributed by atoms with Crippen molar-refractivity contribution in [2.24, 2.45) is 0 Å². The van der Waals surface area contributed by atoms with E-state index in [0.717, 1.165) is 5.56 Å². The van der Waals surface area contributed by atoms with Crippen LogP contribution in [0, 0.1) is 6.92 Å². The molecule has 1 aromatic carbocycles. The van der Waals surface area contributed by atoms with Gasteiger partial charge in [-0.3, -0.25) is 4.57 Å². The van der Waals surface area contributed by atoms with Crippen molar-refractivity contribution in [3.05, 3.63) is 57.6 Å². The molecule has 0 saturated carbocycles. The number of aryl methyl sites for hydroxylation is 1. The Bertz CT molecular complexity index is 827. The van der Waals surface area contributed by atoms with Gasteiger partial charge in [0.2, 0.25) is 0 Å². The number of hydrogen-bond donors (Lipinski definition) is 2. The molecule has 3 unspecified atom stereocenters. The standard InChI is InChI=1S/C19H23N3O3/c1-3-16-15(23)10-17(25-16)22-11-14(18(20)21-19(22)24)9-8-13-6-4-12(2)5-7-13/h4-9,11,15-17,23H,3,10H2,1-2H3,(H2,20,21,24)/b9-8+. The Labute approximate surface area is 146 Å². The minimum absolute atomic E-state index is 0.176. The molecule has 3 rings (SSSR count). The second kappa shape index (κ2) is 7.21. The van der Waals surface area contributed by atoms with Crippen LogP contribution in [0.3, 0.4) is 0 Å². The van der Waals surface area contributed by atoms with Crippen LogP contribution in [0.1, 0.15) is 42.7 Å². The first-order chi connectivity index (χ1) is 12.0. The lowest BCUT2D eigenvalue weighted by Crippen LogP contribution is -2.28. The molecule has 3 atom stereocenters. The zero-order valence-corrected chi connectivity index (χ0v) is 14.4. The van der Waals surface area contributed by atoms with Crippen LogP contribution in [0.5, 0.6) is 0 Å². The molecule has 0 bridgehead atoms. The summed E-state index contributed by atoms with van der Waals surface area (Å²) in [6.07, 6.45) is 5.08. The average molecular weight is 341 g/mol. The van der Waals surface area contributed by atoms with Crippen LogP contribution < -0.4 is 11.4 Å². The summed E-state index contributed by atoms with van der Waals surface area (Å²) in [6.45, 7) is 3.97. The topological polar surface area (TPSA) is 90.4 Å². The van der Waals surface area contributed by atoms with E-state index in [9.17, 15) is 9.90 Å². The highest BCUT2D eigenvalue weighted by molar-refractivity contribution is 5.73. The fourth-order valence-corrected chi connectivity index (χ4v) is 2.95. The maximum Gasteiger partial charge on any atom is 0.351 e. The molecule has 1 aliphatic heterocycles. The van der Waals surface area contributed by atoms with Gasteiger partial charge in [0, 0.05) is 18.2 Å². The van der Waals surface area contributed by atoms with E-state index in [4.69, 9.17) is 10.5 Å². The molecule has 1 fully saturated rings. The summed E-state index contributed by atoms with van der Waals surface area (Å²) in [5.41, 5.74) is 8.27. The Balaban J connectivity index is 1.88. The third-order valence-corrected chi connectivity index (χ3v) is 4.46. The van der Waals surface area contributed by atoms with Crippen molar-refractivity contribution in [3.8, 4) is 0 Å². The molecule has 2 aromatic rings. The third-order valence-electron chi connectivity index (χ3n) is 4.46. The molecule has 132 valence electrons. The Morgan fingerprint density at radius 2 is 2.08 bits per heavy atom. The van der Waals surface area contributed by atoms with Crippen LogP contribution in [0.2, 0.25) is 0 Å². The summed E-state index contributed by atoms with van der Waals surface area (Å²) in [7, 11) is 0. The van der Waals surface area contributed by atoms with Crippen LogP contribution in [-0.4, -0.2) is 26.9 Å². The molecular weight excluding hydrogens is 318 g/mol. The van der Waals surface area contributed by atoms with Gasteiger partial charge in [-0.05, 0) is 25.0 Å². The van der Waals surface area contributed by atoms with Crippen LogP contribution in [-0.2, 0) is 4.74 Å². The molecule has 6 heteroatoms. The van der Waals surface area contributed by atoms with Gasteiger partial charge < -0.3 is 15.6 Å². The highest BCUT2D eigenvalue weighted by atomic mass is 16.5. The first kappa shape index (κ1) is 17.4. The molecule has 1 saturated heterocycles. The third kappa shape index (κ3) is 3.81. The van der Waals surface area contributed by atoms with Crippen LogP contribution in [0.4, 0.5) is 5.82 Å². The number of nitrogen functional groups attached to an aromatic ring is 1. The number of aliphatic hydroxyl groups excluding tert-OH is 1. The number of nitrogens with two attached hydrogens (primary N) is 1. The van der Waals surface area contributed by atoms with Crippen LogP contribution >= 0.6 is 0 Å². The van der Waals surface area contributed by atoms with E-state index in [1.165, 1.54) is 10.1 Å². The van der Waals surface area contributed by atoms with E-state index in [0.29, 0.717) is 18.4 Å². The van der Waals surface area contributed by atoms with E-state index in [-0.39, 0.29) is 11.9 Å². The second-order valence-corrected chi connectivity index (χ2v) is 6.36. The summed E-state index contributed by atoms with van der Waals surface area (Å²) >= 11 is 0. The molecular formula is C19H23N3O3. The van der Waals surface area contributed by atoms with Crippen molar-refractivity contribution in [2.45, 2.75) is 45.1 Å². The average Bonchev–Trinajstić information content (AvgIpc) is 2.96.